The number of hydrogen-bond acceptors (Lipinski definition) is 3. The van der Waals surface area contributed by atoms with Gasteiger partial charge in [0.15, 0.2) is 0 Å². The molecule has 0 aliphatic carbocycles. The Labute approximate surface area is 158 Å². The average molecular weight is 366 g/mol. The Balaban J connectivity index is 0.00000225. The first-order valence-corrected chi connectivity index (χ1v) is 9.56. The number of halogens is 1. The molecule has 2 saturated heterocycles. The van der Waals surface area contributed by atoms with Gasteiger partial charge in [-0.1, -0.05) is 30.3 Å². The lowest BCUT2D eigenvalue weighted by atomic mass is 9.97. The molecule has 0 unspecified atom stereocenters. The Morgan fingerprint density at radius 2 is 1.80 bits per heavy atom. The largest absolute Gasteiger partial charge is 0.341 e. The highest BCUT2D eigenvalue weighted by Crippen LogP contribution is 2.15. The fraction of sp³-hybridized carbons (Fsp3) is 0.650. The fourth-order valence-corrected chi connectivity index (χ4v) is 3.89. The minimum Gasteiger partial charge on any atom is -0.341 e. The monoisotopic (exact) mass is 365 g/mol. The molecule has 2 fully saturated rings. The molecular weight excluding hydrogens is 334 g/mol. The number of nitrogens with zero attached hydrogens (tertiary/aromatic N) is 2. The van der Waals surface area contributed by atoms with Gasteiger partial charge in [0, 0.05) is 32.6 Å². The number of nitrogens with one attached hydrogen (secondary N) is 1. The molecule has 0 bridgehead atoms. The van der Waals surface area contributed by atoms with Crippen molar-refractivity contribution < 1.29 is 4.79 Å². The van der Waals surface area contributed by atoms with E-state index >= 15 is 0 Å². The summed E-state index contributed by atoms with van der Waals surface area (Å²) in [4.78, 5) is 17.2. The van der Waals surface area contributed by atoms with Crippen molar-refractivity contribution in [3.63, 3.8) is 0 Å². The van der Waals surface area contributed by atoms with Crippen LogP contribution in [0.15, 0.2) is 30.3 Å². The van der Waals surface area contributed by atoms with Crippen molar-refractivity contribution in [2.24, 2.45) is 5.92 Å². The molecular formula is C20H32ClN3O. The molecule has 25 heavy (non-hydrogen) atoms. The van der Waals surface area contributed by atoms with Crippen molar-refractivity contribution >= 4 is 18.3 Å². The molecule has 1 amide bonds. The number of amides is 1. The number of hydrogen-bond donors (Lipinski definition) is 1. The molecule has 0 aromatic heterocycles. The average Bonchev–Trinajstić information content (AvgIpc) is 2.87. The SMILES string of the molecule is Cl.O=C(CCc1ccccc1)N1CCCN(CC2CCNCC2)CC1. The van der Waals surface area contributed by atoms with Gasteiger partial charge < -0.3 is 15.1 Å². The van der Waals surface area contributed by atoms with Crippen LogP contribution in [0.3, 0.4) is 0 Å². The van der Waals surface area contributed by atoms with Gasteiger partial charge in [-0.3, -0.25) is 4.79 Å². The van der Waals surface area contributed by atoms with Gasteiger partial charge in [0.2, 0.25) is 5.91 Å². The number of aryl methyl sites for hydroxylation is 1. The molecule has 3 rings (SSSR count). The van der Waals surface area contributed by atoms with Crippen molar-refractivity contribution in [1.29, 1.82) is 0 Å². The number of rotatable bonds is 5. The van der Waals surface area contributed by atoms with E-state index in [1.807, 2.05) is 18.2 Å². The molecule has 4 nitrogen and oxygen atoms in total. The summed E-state index contributed by atoms with van der Waals surface area (Å²) in [6, 6.07) is 10.3. The van der Waals surface area contributed by atoms with E-state index in [-0.39, 0.29) is 12.4 Å². The van der Waals surface area contributed by atoms with E-state index in [4.69, 9.17) is 0 Å². The van der Waals surface area contributed by atoms with Gasteiger partial charge >= 0.3 is 0 Å². The van der Waals surface area contributed by atoms with Gasteiger partial charge in [0.1, 0.15) is 0 Å². The predicted octanol–water partition coefficient (Wildman–Crippen LogP) is 2.57. The van der Waals surface area contributed by atoms with Crippen LogP contribution in [0.4, 0.5) is 0 Å². The highest BCUT2D eigenvalue weighted by Gasteiger charge is 2.22. The first-order chi connectivity index (χ1) is 11.8. The Kier molecular flexibility index (Phi) is 8.73. The molecule has 2 aliphatic heterocycles. The van der Waals surface area contributed by atoms with Crippen LogP contribution in [0.1, 0.15) is 31.2 Å². The standard InChI is InChI=1S/C20H31N3O.ClH/c24-20(8-7-18-5-2-1-3-6-18)23-14-4-13-22(15-16-23)17-19-9-11-21-12-10-19;/h1-3,5-6,19,21H,4,7-17H2;1H. The van der Waals surface area contributed by atoms with Crippen LogP contribution in [-0.2, 0) is 11.2 Å². The number of carbonyl (C=O) groups is 1. The number of piperidine rings is 1. The summed E-state index contributed by atoms with van der Waals surface area (Å²) in [5.41, 5.74) is 1.26. The van der Waals surface area contributed by atoms with E-state index < -0.39 is 0 Å². The van der Waals surface area contributed by atoms with Gasteiger partial charge in [-0.25, -0.2) is 0 Å². The minimum absolute atomic E-state index is 0. The third-order valence-corrected chi connectivity index (χ3v) is 5.39. The minimum atomic E-state index is 0. The molecule has 140 valence electrons. The van der Waals surface area contributed by atoms with E-state index in [0.29, 0.717) is 12.3 Å². The van der Waals surface area contributed by atoms with Crippen LogP contribution in [0, 0.1) is 5.92 Å². The maximum Gasteiger partial charge on any atom is 0.222 e. The van der Waals surface area contributed by atoms with E-state index in [1.54, 1.807) is 0 Å². The molecule has 0 spiro atoms. The quantitative estimate of drug-likeness (QED) is 0.871. The van der Waals surface area contributed by atoms with Gasteiger partial charge in [0.25, 0.3) is 0 Å². The van der Waals surface area contributed by atoms with Crippen LogP contribution in [0.2, 0.25) is 0 Å². The van der Waals surface area contributed by atoms with Gasteiger partial charge in [-0.05, 0) is 56.8 Å². The van der Waals surface area contributed by atoms with Crippen LogP contribution in [0.25, 0.3) is 0 Å². The molecule has 1 N–H and O–H groups in total. The third-order valence-electron chi connectivity index (χ3n) is 5.39. The first kappa shape index (κ1) is 20.2. The zero-order valence-electron chi connectivity index (χ0n) is 15.2. The predicted molar refractivity (Wildman–Crippen MR) is 105 cm³/mol. The normalized spacial score (nSPS) is 19.9. The number of benzene rings is 1. The fourth-order valence-electron chi connectivity index (χ4n) is 3.89. The Morgan fingerprint density at radius 3 is 2.56 bits per heavy atom. The Morgan fingerprint density at radius 1 is 1.04 bits per heavy atom. The summed E-state index contributed by atoms with van der Waals surface area (Å²) in [6.45, 7) is 7.57. The van der Waals surface area contributed by atoms with Gasteiger partial charge in [0.05, 0.1) is 0 Å². The topological polar surface area (TPSA) is 35.6 Å². The van der Waals surface area contributed by atoms with Crippen molar-refractivity contribution in [2.75, 3.05) is 45.8 Å². The maximum atomic E-state index is 12.5. The van der Waals surface area contributed by atoms with Gasteiger partial charge in [-0.2, -0.15) is 0 Å². The zero-order valence-corrected chi connectivity index (χ0v) is 16.0. The molecule has 0 atom stereocenters. The highest BCUT2D eigenvalue weighted by atomic mass is 35.5. The van der Waals surface area contributed by atoms with Crippen LogP contribution in [0.5, 0.6) is 0 Å². The van der Waals surface area contributed by atoms with E-state index in [9.17, 15) is 4.79 Å². The zero-order chi connectivity index (χ0) is 16.6. The molecule has 1 aromatic rings. The van der Waals surface area contributed by atoms with Crippen molar-refractivity contribution in [2.45, 2.75) is 32.1 Å². The Hall–Kier alpha value is -1.10. The second-order valence-electron chi connectivity index (χ2n) is 7.21. The third kappa shape index (κ3) is 6.61. The van der Waals surface area contributed by atoms with Gasteiger partial charge in [-0.15, -0.1) is 12.4 Å². The van der Waals surface area contributed by atoms with Crippen LogP contribution >= 0.6 is 12.4 Å². The highest BCUT2D eigenvalue weighted by molar-refractivity contribution is 5.85. The summed E-state index contributed by atoms with van der Waals surface area (Å²) in [7, 11) is 0. The van der Waals surface area contributed by atoms with Crippen LogP contribution < -0.4 is 5.32 Å². The molecule has 1 aromatic carbocycles. The first-order valence-electron chi connectivity index (χ1n) is 9.56. The van der Waals surface area contributed by atoms with E-state index in [2.05, 4.69) is 27.2 Å². The number of carbonyl (C=O) groups excluding carboxylic acids is 1. The summed E-state index contributed by atoms with van der Waals surface area (Å²) in [5, 5.41) is 3.44. The molecule has 0 radical (unpaired) electrons. The summed E-state index contributed by atoms with van der Waals surface area (Å²) < 4.78 is 0. The second kappa shape index (κ2) is 10.8. The molecule has 5 heteroatoms. The lowest BCUT2D eigenvalue weighted by molar-refractivity contribution is -0.131. The lowest BCUT2D eigenvalue weighted by Crippen LogP contribution is -2.39. The summed E-state index contributed by atoms with van der Waals surface area (Å²) >= 11 is 0. The van der Waals surface area contributed by atoms with E-state index in [1.165, 1.54) is 38.0 Å². The summed E-state index contributed by atoms with van der Waals surface area (Å²) in [5.74, 6) is 1.16. The Bertz CT molecular complexity index is 505. The lowest BCUT2D eigenvalue weighted by Gasteiger charge is -2.29. The smallest absolute Gasteiger partial charge is 0.222 e. The van der Waals surface area contributed by atoms with Crippen molar-refractivity contribution in [3.05, 3.63) is 35.9 Å². The molecule has 2 aliphatic rings. The van der Waals surface area contributed by atoms with Crippen molar-refractivity contribution in [1.82, 2.24) is 15.1 Å². The van der Waals surface area contributed by atoms with Crippen molar-refractivity contribution in [3.8, 4) is 0 Å². The second-order valence-corrected chi connectivity index (χ2v) is 7.21. The maximum absolute atomic E-state index is 12.5. The van der Waals surface area contributed by atoms with Crippen LogP contribution in [-0.4, -0.2) is 61.5 Å². The molecule has 0 saturated carbocycles. The molecule has 2 heterocycles. The van der Waals surface area contributed by atoms with E-state index in [0.717, 1.165) is 44.9 Å². The summed E-state index contributed by atoms with van der Waals surface area (Å²) in [6.07, 6.45) is 5.21.